The molecule has 1 atom stereocenters. The van der Waals surface area contributed by atoms with Crippen LogP contribution in [0.2, 0.25) is 5.02 Å². The van der Waals surface area contributed by atoms with E-state index >= 15 is 0 Å². The first-order chi connectivity index (χ1) is 23.3. The number of nitrogens with one attached hydrogen (secondary N) is 3. The molecule has 0 saturated heterocycles. The van der Waals surface area contributed by atoms with Crippen LogP contribution in [0.25, 0.3) is 6.08 Å². The Balaban J connectivity index is 1.38. The average molecular weight is 678 g/mol. The van der Waals surface area contributed by atoms with Crippen LogP contribution in [0.3, 0.4) is 0 Å². The molecule has 0 radical (unpaired) electrons. The Labute approximate surface area is 288 Å². The van der Waals surface area contributed by atoms with Gasteiger partial charge < -0.3 is 25.4 Å². The summed E-state index contributed by atoms with van der Waals surface area (Å²) in [6.07, 6.45) is 1.56. The zero-order chi connectivity index (χ0) is 33.9. The summed E-state index contributed by atoms with van der Waals surface area (Å²) in [7, 11) is 3.08. The van der Waals surface area contributed by atoms with Gasteiger partial charge in [-0.3, -0.25) is 14.4 Å². The highest BCUT2D eigenvalue weighted by molar-refractivity contribution is 8.00. The number of hydrogen-bond acceptors (Lipinski definition) is 6. The van der Waals surface area contributed by atoms with Crippen LogP contribution < -0.4 is 25.4 Å². The molecule has 48 heavy (non-hydrogen) atoms. The Morgan fingerprint density at radius 1 is 0.750 bits per heavy atom. The third kappa shape index (κ3) is 9.06. The summed E-state index contributed by atoms with van der Waals surface area (Å²) >= 11 is 7.50. The van der Waals surface area contributed by atoms with E-state index in [1.54, 1.807) is 104 Å². The Hall–Kier alpha value is -5.51. The molecule has 3 N–H and O–H groups in total. The maximum Gasteiger partial charge on any atom is 0.272 e. The highest BCUT2D eigenvalue weighted by Gasteiger charge is 2.24. The minimum Gasteiger partial charge on any atom is -0.497 e. The maximum atomic E-state index is 13.8. The van der Waals surface area contributed by atoms with Crippen LogP contribution in [-0.4, -0.2) is 31.9 Å². The third-order valence-electron chi connectivity index (χ3n) is 7.04. The van der Waals surface area contributed by atoms with Crippen LogP contribution in [0, 0.1) is 0 Å². The van der Waals surface area contributed by atoms with Gasteiger partial charge in [0.15, 0.2) is 0 Å². The average Bonchev–Trinajstić information content (AvgIpc) is 3.11. The Morgan fingerprint density at radius 3 is 2.19 bits per heavy atom. The van der Waals surface area contributed by atoms with Crippen molar-refractivity contribution in [3.8, 4) is 11.5 Å². The highest BCUT2D eigenvalue weighted by atomic mass is 35.5. The lowest BCUT2D eigenvalue weighted by Gasteiger charge is -2.19. The summed E-state index contributed by atoms with van der Waals surface area (Å²) < 4.78 is 10.8. The number of carbonyl (C=O) groups excluding carboxylic acids is 3. The topological polar surface area (TPSA) is 106 Å². The molecule has 5 aromatic rings. The fraction of sp³-hybridized carbons (Fsp3) is 0.0789. The van der Waals surface area contributed by atoms with E-state index in [9.17, 15) is 14.4 Å². The van der Waals surface area contributed by atoms with Crippen molar-refractivity contribution in [3.63, 3.8) is 0 Å². The van der Waals surface area contributed by atoms with E-state index in [1.807, 2.05) is 36.4 Å². The monoisotopic (exact) mass is 677 g/mol. The van der Waals surface area contributed by atoms with Gasteiger partial charge in [-0.15, -0.1) is 11.8 Å². The van der Waals surface area contributed by atoms with Crippen molar-refractivity contribution in [1.29, 1.82) is 0 Å². The molecular weight excluding hydrogens is 646 g/mol. The van der Waals surface area contributed by atoms with Crippen molar-refractivity contribution in [2.75, 3.05) is 24.9 Å². The number of benzene rings is 5. The molecule has 0 aliphatic heterocycles. The van der Waals surface area contributed by atoms with Gasteiger partial charge in [-0.1, -0.05) is 78.3 Å². The number of thioether (sulfide) groups is 1. The minimum atomic E-state index is -0.646. The molecule has 0 heterocycles. The first-order valence-electron chi connectivity index (χ1n) is 14.8. The van der Waals surface area contributed by atoms with Gasteiger partial charge in [0, 0.05) is 27.2 Å². The van der Waals surface area contributed by atoms with Crippen LogP contribution in [0.5, 0.6) is 11.5 Å². The molecule has 5 aromatic carbocycles. The third-order valence-corrected chi connectivity index (χ3v) is 8.52. The second-order valence-corrected chi connectivity index (χ2v) is 12.0. The molecule has 0 saturated carbocycles. The smallest absolute Gasteiger partial charge is 0.272 e. The van der Waals surface area contributed by atoms with E-state index in [1.165, 1.54) is 18.9 Å². The highest BCUT2D eigenvalue weighted by Crippen LogP contribution is 2.38. The number of ether oxygens (including phenoxy) is 2. The van der Waals surface area contributed by atoms with Gasteiger partial charge in [-0.05, 0) is 71.8 Å². The number of carbonyl (C=O) groups is 3. The van der Waals surface area contributed by atoms with Crippen LogP contribution in [0.4, 0.5) is 11.4 Å². The summed E-state index contributed by atoms with van der Waals surface area (Å²) in [6, 6.07) is 37.3. The van der Waals surface area contributed by atoms with E-state index in [4.69, 9.17) is 21.1 Å². The summed E-state index contributed by atoms with van der Waals surface area (Å²) in [4.78, 5) is 41.1. The Bertz CT molecular complexity index is 1940. The van der Waals surface area contributed by atoms with E-state index < -0.39 is 17.1 Å². The maximum absolute atomic E-state index is 13.8. The van der Waals surface area contributed by atoms with E-state index in [0.29, 0.717) is 39.0 Å². The number of halogens is 1. The SMILES string of the molecule is COc1ccc(NC(=O)C(Sc2cccc(NC(=O)/C(=C/c3cccc(Cl)c3)NC(=O)c3ccccc3)c2)c2ccccc2)c(OC)c1. The van der Waals surface area contributed by atoms with E-state index in [2.05, 4.69) is 16.0 Å². The van der Waals surface area contributed by atoms with Crippen LogP contribution in [0.1, 0.15) is 26.7 Å². The summed E-state index contributed by atoms with van der Waals surface area (Å²) in [5, 5.41) is 8.45. The van der Waals surface area contributed by atoms with Crippen molar-refractivity contribution in [1.82, 2.24) is 5.32 Å². The molecule has 10 heteroatoms. The van der Waals surface area contributed by atoms with Crippen LogP contribution in [0.15, 0.2) is 138 Å². The van der Waals surface area contributed by atoms with Gasteiger partial charge in [-0.2, -0.15) is 0 Å². The fourth-order valence-electron chi connectivity index (χ4n) is 4.69. The first kappa shape index (κ1) is 33.8. The first-order valence-corrected chi connectivity index (χ1v) is 16.1. The second-order valence-electron chi connectivity index (χ2n) is 10.4. The van der Waals surface area contributed by atoms with Gasteiger partial charge in [0.25, 0.3) is 11.8 Å². The van der Waals surface area contributed by atoms with Crippen molar-refractivity contribution < 1.29 is 23.9 Å². The molecule has 242 valence electrons. The molecule has 0 spiro atoms. The summed E-state index contributed by atoms with van der Waals surface area (Å²) in [6.45, 7) is 0. The van der Waals surface area contributed by atoms with Crippen LogP contribution >= 0.6 is 23.4 Å². The zero-order valence-corrected chi connectivity index (χ0v) is 27.7. The van der Waals surface area contributed by atoms with Gasteiger partial charge in [0.2, 0.25) is 5.91 Å². The molecule has 0 bridgehead atoms. The predicted octanol–water partition coefficient (Wildman–Crippen LogP) is 8.24. The molecule has 0 aromatic heterocycles. The molecule has 3 amide bonds. The lowest BCUT2D eigenvalue weighted by Crippen LogP contribution is -2.30. The second kappa shape index (κ2) is 16.4. The number of amides is 3. The largest absolute Gasteiger partial charge is 0.497 e. The van der Waals surface area contributed by atoms with Gasteiger partial charge in [0.05, 0.1) is 19.9 Å². The molecule has 0 fully saturated rings. The lowest BCUT2D eigenvalue weighted by molar-refractivity contribution is -0.116. The molecule has 0 aliphatic rings. The zero-order valence-electron chi connectivity index (χ0n) is 26.1. The number of hydrogen-bond donors (Lipinski definition) is 3. The predicted molar refractivity (Wildman–Crippen MR) is 192 cm³/mol. The van der Waals surface area contributed by atoms with E-state index in [-0.39, 0.29) is 11.6 Å². The molecular formula is C38H32ClN3O5S. The summed E-state index contributed by atoms with van der Waals surface area (Å²) in [5.74, 6) is -0.175. The van der Waals surface area contributed by atoms with Crippen molar-refractivity contribution in [3.05, 3.63) is 155 Å². The normalized spacial score (nSPS) is 11.6. The Morgan fingerprint density at radius 2 is 1.48 bits per heavy atom. The summed E-state index contributed by atoms with van der Waals surface area (Å²) in [5.41, 5.74) is 2.83. The molecule has 1 unspecified atom stereocenters. The van der Waals surface area contributed by atoms with Gasteiger partial charge in [-0.25, -0.2) is 0 Å². The number of methoxy groups -OCH3 is 2. The van der Waals surface area contributed by atoms with Gasteiger partial charge in [0.1, 0.15) is 22.4 Å². The Kier molecular flexibility index (Phi) is 11.5. The quantitative estimate of drug-likeness (QED) is 0.0908. The van der Waals surface area contributed by atoms with Gasteiger partial charge >= 0.3 is 0 Å². The van der Waals surface area contributed by atoms with Crippen molar-refractivity contribution >= 4 is 58.5 Å². The van der Waals surface area contributed by atoms with Crippen LogP contribution in [-0.2, 0) is 9.59 Å². The fourth-order valence-corrected chi connectivity index (χ4v) is 5.97. The van der Waals surface area contributed by atoms with Crippen molar-refractivity contribution in [2.45, 2.75) is 10.1 Å². The number of anilines is 2. The minimum absolute atomic E-state index is 0.0270. The molecule has 0 aliphatic carbocycles. The molecule has 5 rings (SSSR count). The van der Waals surface area contributed by atoms with Crippen molar-refractivity contribution in [2.24, 2.45) is 0 Å². The van der Waals surface area contributed by atoms with E-state index in [0.717, 1.165) is 10.5 Å². The lowest BCUT2D eigenvalue weighted by atomic mass is 10.1. The number of rotatable bonds is 12. The molecule has 8 nitrogen and oxygen atoms in total. The standard InChI is InChI=1S/C38H32ClN3O5S/c1-46-30-19-20-32(34(24-30)47-2)41-38(45)35(26-12-5-3-6-13-26)48-31-18-10-17-29(23-31)40-37(44)33(22-25-11-9-16-28(39)21-25)42-36(43)27-14-7-4-8-15-27/h3-24,35H,1-2H3,(H,40,44)(H,41,45)(H,42,43)/b33-22-.